The molecule has 0 saturated carbocycles. The van der Waals surface area contributed by atoms with Gasteiger partial charge < -0.3 is 15.0 Å². The predicted molar refractivity (Wildman–Crippen MR) is 117 cm³/mol. The van der Waals surface area contributed by atoms with E-state index in [2.05, 4.69) is 5.32 Å². The first-order valence-electron chi connectivity index (χ1n) is 9.44. The fourth-order valence-corrected chi connectivity index (χ4v) is 3.36. The van der Waals surface area contributed by atoms with Gasteiger partial charge in [-0.25, -0.2) is 0 Å². The van der Waals surface area contributed by atoms with Gasteiger partial charge in [0.2, 0.25) is 5.91 Å². The Labute approximate surface area is 181 Å². The summed E-state index contributed by atoms with van der Waals surface area (Å²) >= 11 is 12.6. The van der Waals surface area contributed by atoms with Gasteiger partial charge in [0.1, 0.15) is 11.8 Å². The summed E-state index contributed by atoms with van der Waals surface area (Å²) in [5.74, 6) is 0.0520. The number of carbonyl (C=O) groups is 2. The molecule has 7 heteroatoms. The van der Waals surface area contributed by atoms with E-state index in [9.17, 15) is 9.59 Å². The van der Waals surface area contributed by atoms with Gasteiger partial charge in [-0.3, -0.25) is 9.59 Å². The molecule has 0 fully saturated rings. The Kier molecular flexibility index (Phi) is 8.35. The molecule has 0 radical (unpaired) electrons. The molecule has 1 atom stereocenters. The fourth-order valence-electron chi connectivity index (χ4n) is 2.84. The maximum absolute atomic E-state index is 13.0. The molecule has 2 aromatic rings. The van der Waals surface area contributed by atoms with E-state index in [0.717, 1.165) is 11.1 Å². The standard InChI is InChI=1S/C22H26Cl2N2O3/c1-5-25-22(28)16(4)26(12-17-18(23)7-6-8-19(17)24)21(27)13-29-20-11-14(2)9-10-15(20)3/h6-11,16H,5,12-13H2,1-4H3,(H,25,28)/t16-/m1/s1. The predicted octanol–water partition coefficient (Wildman–Crippen LogP) is 4.54. The molecule has 0 aliphatic rings. The van der Waals surface area contributed by atoms with Crippen molar-refractivity contribution in [3.8, 4) is 5.75 Å². The van der Waals surface area contributed by atoms with Gasteiger partial charge in [-0.2, -0.15) is 0 Å². The molecule has 29 heavy (non-hydrogen) atoms. The number of halogens is 2. The van der Waals surface area contributed by atoms with Crippen LogP contribution >= 0.6 is 23.2 Å². The van der Waals surface area contributed by atoms with Gasteiger partial charge in [0.15, 0.2) is 6.61 Å². The van der Waals surface area contributed by atoms with Crippen LogP contribution in [-0.4, -0.2) is 35.9 Å². The zero-order valence-electron chi connectivity index (χ0n) is 17.1. The lowest BCUT2D eigenvalue weighted by atomic mass is 10.1. The molecule has 0 aromatic heterocycles. The smallest absolute Gasteiger partial charge is 0.261 e. The highest BCUT2D eigenvalue weighted by Crippen LogP contribution is 2.27. The van der Waals surface area contributed by atoms with E-state index < -0.39 is 6.04 Å². The quantitative estimate of drug-likeness (QED) is 0.660. The van der Waals surface area contributed by atoms with E-state index in [1.165, 1.54) is 4.90 Å². The Hall–Kier alpha value is -2.24. The van der Waals surface area contributed by atoms with E-state index in [1.54, 1.807) is 25.1 Å². The molecule has 0 heterocycles. The van der Waals surface area contributed by atoms with Gasteiger partial charge in [0.05, 0.1) is 0 Å². The number of benzene rings is 2. The van der Waals surface area contributed by atoms with Crippen molar-refractivity contribution in [3.05, 3.63) is 63.1 Å². The van der Waals surface area contributed by atoms with Crippen LogP contribution in [0.5, 0.6) is 5.75 Å². The molecule has 0 aliphatic carbocycles. The highest BCUT2D eigenvalue weighted by Gasteiger charge is 2.27. The highest BCUT2D eigenvalue weighted by atomic mass is 35.5. The van der Waals surface area contributed by atoms with E-state index in [4.69, 9.17) is 27.9 Å². The summed E-state index contributed by atoms with van der Waals surface area (Å²) in [4.78, 5) is 26.9. The van der Waals surface area contributed by atoms with Crippen molar-refractivity contribution < 1.29 is 14.3 Å². The van der Waals surface area contributed by atoms with E-state index in [-0.39, 0.29) is 25.0 Å². The monoisotopic (exact) mass is 436 g/mol. The normalized spacial score (nSPS) is 11.7. The van der Waals surface area contributed by atoms with Crippen LogP contribution < -0.4 is 10.1 Å². The van der Waals surface area contributed by atoms with Gasteiger partial charge >= 0.3 is 0 Å². The number of amides is 2. The van der Waals surface area contributed by atoms with Crippen LogP contribution in [0.3, 0.4) is 0 Å². The number of ether oxygens (including phenoxy) is 1. The maximum atomic E-state index is 13.0. The maximum Gasteiger partial charge on any atom is 0.261 e. The Morgan fingerprint density at radius 1 is 1.14 bits per heavy atom. The zero-order chi connectivity index (χ0) is 21.6. The van der Waals surface area contributed by atoms with Crippen LogP contribution in [0.1, 0.15) is 30.5 Å². The Balaban J connectivity index is 2.24. The van der Waals surface area contributed by atoms with Crippen molar-refractivity contribution in [1.82, 2.24) is 10.2 Å². The van der Waals surface area contributed by atoms with Crippen molar-refractivity contribution in [2.45, 2.75) is 40.3 Å². The first-order valence-corrected chi connectivity index (χ1v) is 10.2. The number of nitrogens with one attached hydrogen (secondary N) is 1. The van der Waals surface area contributed by atoms with Crippen molar-refractivity contribution in [2.75, 3.05) is 13.2 Å². The third-order valence-corrected chi connectivity index (χ3v) is 5.31. The molecule has 0 unspecified atom stereocenters. The van der Waals surface area contributed by atoms with Crippen molar-refractivity contribution >= 4 is 35.0 Å². The van der Waals surface area contributed by atoms with Crippen LogP contribution in [0.2, 0.25) is 10.0 Å². The Morgan fingerprint density at radius 2 is 1.79 bits per heavy atom. The second-order valence-electron chi connectivity index (χ2n) is 6.85. The zero-order valence-corrected chi connectivity index (χ0v) is 18.6. The van der Waals surface area contributed by atoms with Crippen LogP contribution in [-0.2, 0) is 16.1 Å². The summed E-state index contributed by atoms with van der Waals surface area (Å²) in [5, 5.41) is 3.62. The molecule has 0 bridgehead atoms. The Morgan fingerprint density at radius 3 is 2.41 bits per heavy atom. The van der Waals surface area contributed by atoms with E-state index >= 15 is 0 Å². The molecular weight excluding hydrogens is 411 g/mol. The topological polar surface area (TPSA) is 58.6 Å². The number of likely N-dealkylation sites (N-methyl/N-ethyl adjacent to an activating group) is 1. The SMILES string of the molecule is CCNC(=O)[C@@H](C)N(Cc1c(Cl)cccc1Cl)C(=O)COc1cc(C)ccc1C. The molecule has 156 valence electrons. The molecular formula is C22H26Cl2N2O3. The lowest BCUT2D eigenvalue weighted by molar-refractivity contribution is -0.142. The van der Waals surface area contributed by atoms with Crippen molar-refractivity contribution in [3.63, 3.8) is 0 Å². The molecule has 2 amide bonds. The summed E-state index contributed by atoms with van der Waals surface area (Å²) in [7, 11) is 0. The van der Waals surface area contributed by atoms with Crippen molar-refractivity contribution in [1.29, 1.82) is 0 Å². The Bertz CT molecular complexity index is 866. The van der Waals surface area contributed by atoms with Crippen LogP contribution in [0, 0.1) is 13.8 Å². The number of rotatable bonds is 8. The summed E-state index contributed by atoms with van der Waals surface area (Å²) in [6.07, 6.45) is 0. The second-order valence-corrected chi connectivity index (χ2v) is 7.66. The van der Waals surface area contributed by atoms with Gasteiger partial charge in [0.25, 0.3) is 5.91 Å². The number of hydrogen-bond acceptors (Lipinski definition) is 3. The lowest BCUT2D eigenvalue weighted by Gasteiger charge is -2.29. The molecule has 2 aromatic carbocycles. The van der Waals surface area contributed by atoms with Gasteiger partial charge in [-0.05, 0) is 57.0 Å². The van der Waals surface area contributed by atoms with Gasteiger partial charge in [-0.15, -0.1) is 0 Å². The molecule has 1 N–H and O–H groups in total. The molecule has 0 aliphatic heterocycles. The summed E-state index contributed by atoms with van der Waals surface area (Å²) in [5.41, 5.74) is 2.56. The first-order chi connectivity index (χ1) is 13.7. The van der Waals surface area contributed by atoms with E-state index in [1.807, 2.05) is 39.0 Å². The summed E-state index contributed by atoms with van der Waals surface area (Å²) in [6.45, 7) is 7.74. The first kappa shape index (κ1) is 23.0. The second kappa shape index (κ2) is 10.5. The average molecular weight is 437 g/mol. The lowest BCUT2D eigenvalue weighted by Crippen LogP contribution is -2.49. The number of carbonyl (C=O) groups excluding carboxylic acids is 2. The molecule has 0 saturated heterocycles. The third kappa shape index (κ3) is 6.12. The molecule has 5 nitrogen and oxygen atoms in total. The van der Waals surface area contributed by atoms with Crippen LogP contribution in [0.4, 0.5) is 0 Å². The molecule has 2 rings (SSSR count). The van der Waals surface area contributed by atoms with Crippen molar-refractivity contribution in [2.24, 2.45) is 0 Å². The van der Waals surface area contributed by atoms with Crippen LogP contribution in [0.25, 0.3) is 0 Å². The highest BCUT2D eigenvalue weighted by molar-refractivity contribution is 6.36. The number of nitrogens with zero attached hydrogens (tertiary/aromatic N) is 1. The third-order valence-electron chi connectivity index (χ3n) is 4.60. The van der Waals surface area contributed by atoms with Crippen LogP contribution in [0.15, 0.2) is 36.4 Å². The number of hydrogen-bond donors (Lipinski definition) is 1. The molecule has 0 spiro atoms. The largest absolute Gasteiger partial charge is 0.483 e. The minimum absolute atomic E-state index is 0.103. The van der Waals surface area contributed by atoms with Gasteiger partial charge in [0, 0.05) is 28.7 Å². The summed E-state index contributed by atoms with van der Waals surface area (Å²) in [6, 6.07) is 10.2. The number of aryl methyl sites for hydroxylation is 2. The summed E-state index contributed by atoms with van der Waals surface area (Å²) < 4.78 is 5.76. The minimum atomic E-state index is -0.711. The fraction of sp³-hybridized carbons (Fsp3) is 0.364. The average Bonchev–Trinajstić information content (AvgIpc) is 2.68. The minimum Gasteiger partial charge on any atom is -0.483 e. The van der Waals surface area contributed by atoms with E-state index in [0.29, 0.717) is 27.9 Å². The van der Waals surface area contributed by atoms with Gasteiger partial charge in [-0.1, -0.05) is 41.4 Å².